The summed E-state index contributed by atoms with van der Waals surface area (Å²) >= 11 is 0. The molecule has 3 nitrogen and oxygen atoms in total. The first-order chi connectivity index (χ1) is 12.1. The molecule has 0 amide bonds. The number of aryl methyl sites for hydroxylation is 1. The second-order valence-electron chi connectivity index (χ2n) is 6.75. The molecule has 2 aromatic heterocycles. The predicted molar refractivity (Wildman–Crippen MR) is 95.8 cm³/mol. The molecule has 2 heterocycles. The Morgan fingerprint density at radius 1 is 1.00 bits per heavy atom. The van der Waals surface area contributed by atoms with Crippen LogP contribution in [0.2, 0.25) is 0 Å². The van der Waals surface area contributed by atoms with Gasteiger partial charge >= 0.3 is 0 Å². The molecular formula is C20H21F2N3. The smallest absolute Gasteiger partial charge is 0.139 e. The average molecular weight is 341 g/mol. The van der Waals surface area contributed by atoms with Gasteiger partial charge in [-0.3, -0.25) is 4.40 Å². The summed E-state index contributed by atoms with van der Waals surface area (Å²) in [6, 6.07) is 9.98. The van der Waals surface area contributed by atoms with Gasteiger partial charge < -0.3 is 5.32 Å². The highest BCUT2D eigenvalue weighted by Gasteiger charge is 2.24. The molecule has 4 rings (SSSR count). The molecule has 1 aliphatic carbocycles. The van der Waals surface area contributed by atoms with Gasteiger partial charge in [-0.1, -0.05) is 31.4 Å². The molecule has 0 aliphatic heterocycles. The number of benzene rings is 1. The molecule has 0 atom stereocenters. The number of halogens is 2. The molecule has 3 aromatic rings. The quantitative estimate of drug-likeness (QED) is 0.697. The number of anilines is 1. The lowest BCUT2D eigenvalue weighted by Gasteiger charge is -2.24. The van der Waals surface area contributed by atoms with Crippen LogP contribution in [0.4, 0.5) is 14.6 Å². The maximum absolute atomic E-state index is 14.4. The van der Waals surface area contributed by atoms with Gasteiger partial charge in [0.2, 0.25) is 0 Å². The van der Waals surface area contributed by atoms with Crippen LogP contribution >= 0.6 is 0 Å². The van der Waals surface area contributed by atoms with Crippen molar-refractivity contribution in [3.8, 4) is 11.3 Å². The van der Waals surface area contributed by atoms with E-state index in [0.717, 1.165) is 18.5 Å². The van der Waals surface area contributed by atoms with E-state index in [1.165, 1.54) is 37.5 Å². The Kier molecular flexibility index (Phi) is 4.15. The van der Waals surface area contributed by atoms with Crippen LogP contribution < -0.4 is 5.32 Å². The second-order valence-corrected chi connectivity index (χ2v) is 6.75. The van der Waals surface area contributed by atoms with Crippen LogP contribution in [0.1, 0.15) is 37.8 Å². The molecule has 0 spiro atoms. The summed E-state index contributed by atoms with van der Waals surface area (Å²) in [5.41, 5.74) is 1.95. The molecule has 1 N–H and O–H groups in total. The fraction of sp³-hybridized carbons (Fsp3) is 0.350. The lowest BCUT2D eigenvalue weighted by molar-refractivity contribution is 0.461. The number of pyridine rings is 1. The standard InChI is InChI=1S/C20H21F2N3/c1-13-7-5-12-17-24-19(18-15(21)10-6-11-16(18)22)20(25(13)17)23-14-8-3-2-4-9-14/h5-7,10-12,14,23H,2-4,8-9H2,1H3. The number of fused-ring (bicyclic) bond motifs is 1. The lowest BCUT2D eigenvalue weighted by atomic mass is 9.95. The number of nitrogens with one attached hydrogen (secondary N) is 1. The van der Waals surface area contributed by atoms with E-state index in [1.807, 2.05) is 29.5 Å². The van der Waals surface area contributed by atoms with Crippen molar-refractivity contribution >= 4 is 11.5 Å². The topological polar surface area (TPSA) is 29.3 Å². The molecule has 0 radical (unpaired) electrons. The Labute approximate surface area is 145 Å². The summed E-state index contributed by atoms with van der Waals surface area (Å²) in [4.78, 5) is 4.55. The normalized spacial score (nSPS) is 15.6. The molecule has 0 unspecified atom stereocenters. The number of rotatable bonds is 3. The molecule has 1 aromatic carbocycles. The summed E-state index contributed by atoms with van der Waals surface area (Å²) in [7, 11) is 0. The third-order valence-electron chi connectivity index (χ3n) is 4.98. The average Bonchev–Trinajstić information content (AvgIpc) is 2.95. The van der Waals surface area contributed by atoms with E-state index in [0.29, 0.717) is 23.2 Å². The van der Waals surface area contributed by atoms with Crippen molar-refractivity contribution in [2.24, 2.45) is 0 Å². The van der Waals surface area contributed by atoms with Gasteiger partial charge in [-0.05, 0) is 44.0 Å². The SMILES string of the molecule is Cc1cccc2nc(-c3c(F)cccc3F)c(NC3CCCCC3)n12. The highest BCUT2D eigenvalue weighted by atomic mass is 19.1. The minimum Gasteiger partial charge on any atom is -0.367 e. The van der Waals surface area contributed by atoms with Gasteiger partial charge in [0.1, 0.15) is 28.8 Å². The van der Waals surface area contributed by atoms with Gasteiger partial charge in [0.25, 0.3) is 0 Å². The zero-order valence-corrected chi connectivity index (χ0v) is 14.2. The van der Waals surface area contributed by atoms with E-state index in [-0.39, 0.29) is 5.56 Å². The molecule has 1 fully saturated rings. The van der Waals surface area contributed by atoms with Crippen LogP contribution in [0, 0.1) is 18.6 Å². The molecule has 1 aliphatic rings. The van der Waals surface area contributed by atoms with E-state index in [2.05, 4.69) is 10.3 Å². The molecule has 0 saturated heterocycles. The summed E-state index contributed by atoms with van der Waals surface area (Å²) in [6.07, 6.45) is 5.74. The first kappa shape index (κ1) is 16.1. The lowest BCUT2D eigenvalue weighted by Crippen LogP contribution is -2.23. The van der Waals surface area contributed by atoms with Crippen molar-refractivity contribution in [3.63, 3.8) is 0 Å². The van der Waals surface area contributed by atoms with Crippen molar-refractivity contribution in [3.05, 3.63) is 53.7 Å². The van der Waals surface area contributed by atoms with Crippen LogP contribution in [0.25, 0.3) is 16.9 Å². The van der Waals surface area contributed by atoms with Gasteiger partial charge in [-0.2, -0.15) is 0 Å². The van der Waals surface area contributed by atoms with Crippen LogP contribution in [-0.2, 0) is 0 Å². The van der Waals surface area contributed by atoms with E-state index < -0.39 is 11.6 Å². The van der Waals surface area contributed by atoms with Crippen molar-refractivity contribution in [2.75, 3.05) is 5.32 Å². The number of aromatic nitrogens is 2. The van der Waals surface area contributed by atoms with Crippen molar-refractivity contribution < 1.29 is 8.78 Å². The minimum atomic E-state index is -0.590. The van der Waals surface area contributed by atoms with E-state index in [9.17, 15) is 8.78 Å². The maximum atomic E-state index is 14.4. The number of nitrogens with zero attached hydrogens (tertiary/aromatic N) is 2. The monoisotopic (exact) mass is 341 g/mol. The predicted octanol–water partition coefficient (Wildman–Crippen LogP) is 5.33. The number of hydrogen-bond donors (Lipinski definition) is 1. The molecule has 25 heavy (non-hydrogen) atoms. The van der Waals surface area contributed by atoms with Crippen LogP contribution in [-0.4, -0.2) is 15.4 Å². The summed E-state index contributed by atoms with van der Waals surface area (Å²) in [5, 5.41) is 3.53. The molecular weight excluding hydrogens is 320 g/mol. The van der Waals surface area contributed by atoms with Crippen LogP contribution in [0.3, 0.4) is 0 Å². The van der Waals surface area contributed by atoms with Gasteiger partial charge in [-0.15, -0.1) is 0 Å². The van der Waals surface area contributed by atoms with Crippen molar-refractivity contribution in [2.45, 2.75) is 45.1 Å². The Bertz CT molecular complexity index is 890. The first-order valence-electron chi connectivity index (χ1n) is 8.84. The van der Waals surface area contributed by atoms with E-state index in [1.54, 1.807) is 0 Å². The number of imidazole rings is 1. The Morgan fingerprint density at radius 3 is 2.40 bits per heavy atom. The van der Waals surface area contributed by atoms with Gasteiger partial charge in [0, 0.05) is 11.7 Å². The Balaban J connectivity index is 1.91. The highest BCUT2D eigenvalue weighted by molar-refractivity contribution is 5.77. The van der Waals surface area contributed by atoms with Gasteiger partial charge in [0.05, 0.1) is 5.56 Å². The van der Waals surface area contributed by atoms with Crippen molar-refractivity contribution in [1.29, 1.82) is 0 Å². The zero-order valence-electron chi connectivity index (χ0n) is 14.2. The third-order valence-corrected chi connectivity index (χ3v) is 4.98. The Hall–Kier alpha value is -2.43. The van der Waals surface area contributed by atoms with Gasteiger partial charge in [-0.25, -0.2) is 13.8 Å². The number of hydrogen-bond acceptors (Lipinski definition) is 2. The third kappa shape index (κ3) is 2.88. The van der Waals surface area contributed by atoms with Gasteiger partial charge in [0.15, 0.2) is 0 Å². The summed E-state index contributed by atoms with van der Waals surface area (Å²) in [6.45, 7) is 1.97. The fourth-order valence-corrected chi connectivity index (χ4v) is 3.73. The second kappa shape index (κ2) is 6.47. The van der Waals surface area contributed by atoms with Crippen LogP contribution in [0.15, 0.2) is 36.4 Å². The Morgan fingerprint density at radius 2 is 1.68 bits per heavy atom. The minimum absolute atomic E-state index is 0.0658. The van der Waals surface area contributed by atoms with Crippen molar-refractivity contribution in [1.82, 2.24) is 9.38 Å². The fourth-order valence-electron chi connectivity index (χ4n) is 3.73. The molecule has 1 saturated carbocycles. The summed E-state index contributed by atoms with van der Waals surface area (Å²) in [5.74, 6) is -0.496. The van der Waals surface area contributed by atoms with Crippen LogP contribution in [0.5, 0.6) is 0 Å². The highest BCUT2D eigenvalue weighted by Crippen LogP contribution is 2.35. The molecule has 130 valence electrons. The first-order valence-corrected chi connectivity index (χ1v) is 8.84. The molecule has 0 bridgehead atoms. The maximum Gasteiger partial charge on any atom is 0.139 e. The van der Waals surface area contributed by atoms with E-state index >= 15 is 0 Å². The largest absolute Gasteiger partial charge is 0.367 e. The zero-order chi connectivity index (χ0) is 17.4. The molecule has 5 heteroatoms. The summed E-state index contributed by atoms with van der Waals surface area (Å²) < 4.78 is 30.8. The van der Waals surface area contributed by atoms with E-state index in [4.69, 9.17) is 0 Å².